The van der Waals surface area contributed by atoms with Crippen molar-refractivity contribution in [3.8, 4) is 0 Å². The summed E-state index contributed by atoms with van der Waals surface area (Å²) in [5.41, 5.74) is 6.45. The molecule has 0 saturated carbocycles. The van der Waals surface area contributed by atoms with Gasteiger partial charge >= 0.3 is 0 Å². The summed E-state index contributed by atoms with van der Waals surface area (Å²) in [6.45, 7) is 1.77. The summed E-state index contributed by atoms with van der Waals surface area (Å²) < 4.78 is 0.699. The molecule has 4 nitrogen and oxygen atoms in total. The van der Waals surface area contributed by atoms with Crippen LogP contribution >= 0.6 is 15.9 Å². The molecule has 0 fully saturated rings. The van der Waals surface area contributed by atoms with E-state index in [-0.39, 0.29) is 12.5 Å². The monoisotopic (exact) mass is 270 g/mol. The largest absolute Gasteiger partial charge is 0.368 e. The van der Waals surface area contributed by atoms with Crippen molar-refractivity contribution in [3.63, 3.8) is 0 Å². The van der Waals surface area contributed by atoms with Gasteiger partial charge in [0.1, 0.15) is 0 Å². The fourth-order valence-electron chi connectivity index (χ4n) is 1.07. The Bertz CT molecular complexity index is 404. The fourth-order valence-corrected chi connectivity index (χ4v) is 1.74. The van der Waals surface area contributed by atoms with Gasteiger partial charge in [0.25, 0.3) is 5.91 Å². The Morgan fingerprint density at radius 2 is 2.13 bits per heavy atom. The first kappa shape index (κ1) is 11.7. The number of carbonyl (C=O) groups excluding carboxylic acids is 2. The zero-order valence-corrected chi connectivity index (χ0v) is 9.80. The number of rotatable bonds is 3. The van der Waals surface area contributed by atoms with Crippen molar-refractivity contribution < 1.29 is 9.59 Å². The van der Waals surface area contributed by atoms with Crippen LogP contribution in [0.4, 0.5) is 0 Å². The zero-order valence-electron chi connectivity index (χ0n) is 8.21. The molecule has 0 unspecified atom stereocenters. The number of nitrogens with two attached hydrogens (primary N) is 1. The molecule has 0 bridgehead atoms. The van der Waals surface area contributed by atoms with Crippen molar-refractivity contribution in [1.82, 2.24) is 5.32 Å². The van der Waals surface area contributed by atoms with Crippen LogP contribution in [0.5, 0.6) is 0 Å². The van der Waals surface area contributed by atoms with E-state index in [1.54, 1.807) is 6.07 Å². The summed E-state index contributed by atoms with van der Waals surface area (Å²) in [7, 11) is 0. The van der Waals surface area contributed by atoms with Crippen LogP contribution < -0.4 is 11.1 Å². The molecule has 3 N–H and O–H groups in total. The molecule has 1 aromatic rings. The second kappa shape index (κ2) is 4.93. The molecule has 0 aromatic heterocycles. The number of hydrogen-bond acceptors (Lipinski definition) is 2. The van der Waals surface area contributed by atoms with Gasteiger partial charge in [-0.3, -0.25) is 9.59 Å². The van der Waals surface area contributed by atoms with Gasteiger partial charge in [0.05, 0.1) is 12.1 Å². The molecule has 0 radical (unpaired) electrons. The van der Waals surface area contributed by atoms with E-state index in [9.17, 15) is 9.59 Å². The van der Waals surface area contributed by atoms with Gasteiger partial charge < -0.3 is 11.1 Å². The van der Waals surface area contributed by atoms with Crippen LogP contribution in [0.3, 0.4) is 0 Å². The molecule has 0 saturated heterocycles. The van der Waals surface area contributed by atoms with E-state index in [4.69, 9.17) is 5.73 Å². The number of carbonyl (C=O) groups is 2. The Morgan fingerprint density at radius 3 is 2.67 bits per heavy atom. The standard InChI is InChI=1S/C10H11BrN2O2/c1-6-2-3-7(8(11)4-6)10(15)13-5-9(12)14/h2-4H,5H2,1H3,(H2,12,14)(H,13,15). The first-order valence-corrected chi connectivity index (χ1v) is 5.12. The van der Waals surface area contributed by atoms with Gasteiger partial charge in [-0.15, -0.1) is 0 Å². The van der Waals surface area contributed by atoms with Gasteiger partial charge in [0, 0.05) is 4.47 Å². The third-order valence-electron chi connectivity index (χ3n) is 1.79. The smallest absolute Gasteiger partial charge is 0.252 e. The van der Waals surface area contributed by atoms with Gasteiger partial charge in [-0.05, 0) is 40.5 Å². The first-order valence-electron chi connectivity index (χ1n) is 4.33. The van der Waals surface area contributed by atoms with Crippen molar-refractivity contribution in [2.24, 2.45) is 5.73 Å². The van der Waals surface area contributed by atoms with Gasteiger partial charge in [0.15, 0.2) is 0 Å². The summed E-state index contributed by atoms with van der Waals surface area (Å²) in [5, 5.41) is 2.42. The van der Waals surface area contributed by atoms with E-state index in [1.807, 2.05) is 19.1 Å². The lowest BCUT2D eigenvalue weighted by Crippen LogP contribution is -2.33. The van der Waals surface area contributed by atoms with Gasteiger partial charge in [-0.2, -0.15) is 0 Å². The lowest BCUT2D eigenvalue weighted by molar-refractivity contribution is -0.117. The summed E-state index contributed by atoms with van der Waals surface area (Å²) in [6, 6.07) is 5.35. The SMILES string of the molecule is Cc1ccc(C(=O)NCC(N)=O)c(Br)c1. The number of halogens is 1. The van der Waals surface area contributed by atoms with Gasteiger partial charge in [0.2, 0.25) is 5.91 Å². The Balaban J connectivity index is 2.78. The van der Waals surface area contributed by atoms with Crippen LogP contribution in [0.2, 0.25) is 0 Å². The molecule has 0 aliphatic carbocycles. The highest BCUT2D eigenvalue weighted by Gasteiger charge is 2.09. The van der Waals surface area contributed by atoms with Crippen molar-refractivity contribution in [2.45, 2.75) is 6.92 Å². The Kier molecular flexibility index (Phi) is 3.85. The maximum Gasteiger partial charge on any atom is 0.252 e. The second-order valence-corrected chi connectivity index (χ2v) is 3.99. The number of benzene rings is 1. The molecule has 0 heterocycles. The predicted octanol–water partition coefficient (Wildman–Crippen LogP) is 0.973. The highest BCUT2D eigenvalue weighted by atomic mass is 79.9. The van der Waals surface area contributed by atoms with E-state index in [0.717, 1.165) is 5.56 Å². The molecule has 15 heavy (non-hydrogen) atoms. The van der Waals surface area contributed by atoms with Crippen LogP contribution in [0.25, 0.3) is 0 Å². The summed E-state index contributed by atoms with van der Waals surface area (Å²) in [4.78, 5) is 22.0. The maximum atomic E-state index is 11.5. The molecule has 0 atom stereocenters. The third-order valence-corrected chi connectivity index (χ3v) is 2.45. The normalized spacial score (nSPS) is 9.73. The van der Waals surface area contributed by atoms with Crippen molar-refractivity contribution in [3.05, 3.63) is 33.8 Å². The zero-order chi connectivity index (χ0) is 11.4. The highest BCUT2D eigenvalue weighted by Crippen LogP contribution is 2.17. The maximum absolute atomic E-state index is 11.5. The molecule has 0 aliphatic rings. The van der Waals surface area contributed by atoms with Crippen molar-refractivity contribution >= 4 is 27.7 Å². The molecule has 1 rings (SSSR count). The predicted molar refractivity (Wildman–Crippen MR) is 60.4 cm³/mol. The summed E-state index contributed by atoms with van der Waals surface area (Å²) in [5.74, 6) is -0.882. The Labute approximate surface area is 96.0 Å². The van der Waals surface area contributed by atoms with Crippen molar-refractivity contribution in [2.75, 3.05) is 6.54 Å². The number of aryl methyl sites for hydroxylation is 1. The number of primary amides is 1. The minimum absolute atomic E-state index is 0.154. The number of amides is 2. The molecular weight excluding hydrogens is 260 g/mol. The molecule has 1 aromatic carbocycles. The number of nitrogens with one attached hydrogen (secondary N) is 1. The van der Waals surface area contributed by atoms with E-state index < -0.39 is 5.91 Å². The molecule has 80 valence electrons. The minimum atomic E-state index is -0.563. The summed E-state index contributed by atoms with van der Waals surface area (Å²) in [6.07, 6.45) is 0. The lowest BCUT2D eigenvalue weighted by Gasteiger charge is -2.05. The van der Waals surface area contributed by atoms with Crippen LogP contribution in [-0.2, 0) is 4.79 Å². The summed E-state index contributed by atoms with van der Waals surface area (Å²) >= 11 is 3.28. The van der Waals surface area contributed by atoms with Crippen LogP contribution in [0.15, 0.2) is 22.7 Å². The van der Waals surface area contributed by atoms with E-state index in [2.05, 4.69) is 21.2 Å². The lowest BCUT2D eigenvalue weighted by atomic mass is 10.1. The average Bonchev–Trinajstić information content (AvgIpc) is 2.14. The van der Waals surface area contributed by atoms with Crippen LogP contribution in [0, 0.1) is 6.92 Å². The third kappa shape index (κ3) is 3.36. The Morgan fingerprint density at radius 1 is 1.47 bits per heavy atom. The fraction of sp³-hybridized carbons (Fsp3) is 0.200. The van der Waals surface area contributed by atoms with Crippen LogP contribution in [-0.4, -0.2) is 18.4 Å². The van der Waals surface area contributed by atoms with Gasteiger partial charge in [-0.1, -0.05) is 6.07 Å². The van der Waals surface area contributed by atoms with Gasteiger partial charge in [-0.25, -0.2) is 0 Å². The highest BCUT2D eigenvalue weighted by molar-refractivity contribution is 9.10. The second-order valence-electron chi connectivity index (χ2n) is 3.13. The van der Waals surface area contributed by atoms with Crippen LogP contribution in [0.1, 0.15) is 15.9 Å². The van der Waals surface area contributed by atoms with Crippen molar-refractivity contribution in [1.29, 1.82) is 0 Å². The molecule has 2 amide bonds. The molecule has 5 heteroatoms. The first-order chi connectivity index (χ1) is 7.00. The average molecular weight is 271 g/mol. The topological polar surface area (TPSA) is 72.2 Å². The Hall–Kier alpha value is -1.36. The van der Waals surface area contributed by atoms with E-state index in [1.165, 1.54) is 0 Å². The quantitative estimate of drug-likeness (QED) is 0.859. The van der Waals surface area contributed by atoms with E-state index >= 15 is 0 Å². The van der Waals surface area contributed by atoms with E-state index in [0.29, 0.717) is 10.0 Å². The minimum Gasteiger partial charge on any atom is -0.368 e. The molecule has 0 aliphatic heterocycles. The molecular formula is C10H11BrN2O2. The number of hydrogen-bond donors (Lipinski definition) is 2. The molecule has 0 spiro atoms.